The number of hydrogen-bond donors (Lipinski definition) is 1. The van der Waals surface area contributed by atoms with Crippen LogP contribution in [0.1, 0.15) is 0 Å². The zero-order valence-corrected chi connectivity index (χ0v) is 10.6. The number of ether oxygens (including phenoxy) is 1. The summed E-state index contributed by atoms with van der Waals surface area (Å²) >= 11 is 0. The Morgan fingerprint density at radius 3 is 2.84 bits per heavy atom. The van der Waals surface area contributed by atoms with E-state index in [0.29, 0.717) is 6.54 Å². The molecule has 0 saturated heterocycles. The molecule has 0 spiro atoms. The lowest BCUT2D eigenvalue weighted by molar-refractivity contribution is -0.115. The summed E-state index contributed by atoms with van der Waals surface area (Å²) in [6.07, 6.45) is 0. The van der Waals surface area contributed by atoms with Crippen LogP contribution in [0, 0.1) is 0 Å². The predicted octanol–water partition coefficient (Wildman–Crippen LogP) is 2.79. The largest absolute Gasteiger partial charge is 0.497 e. The number of methoxy groups -OCH3 is 1. The topological polar surface area (TPSA) is 41.6 Å². The van der Waals surface area contributed by atoms with Crippen LogP contribution >= 0.6 is 0 Å². The third-order valence-electron chi connectivity index (χ3n) is 3.14. The predicted molar refractivity (Wildman–Crippen MR) is 75.1 cm³/mol. The first-order valence-electron chi connectivity index (χ1n) is 6.08. The van der Waals surface area contributed by atoms with Crippen LogP contribution in [0.3, 0.4) is 0 Å². The standard InChI is InChI=1S/C15H14N2O2/c1-19-12-6-4-5-11(9-12)17-10-15(18)16-13-7-2-3-8-14(13)17/h2-9H,10H2,1H3,(H,16,18). The van der Waals surface area contributed by atoms with Crippen molar-refractivity contribution in [3.63, 3.8) is 0 Å². The lowest BCUT2D eigenvalue weighted by Gasteiger charge is -2.31. The monoisotopic (exact) mass is 254 g/mol. The molecule has 0 bridgehead atoms. The minimum absolute atomic E-state index is 0.0125. The van der Waals surface area contributed by atoms with Gasteiger partial charge in [0.05, 0.1) is 18.5 Å². The van der Waals surface area contributed by atoms with Gasteiger partial charge in [0.2, 0.25) is 5.91 Å². The molecular formula is C15H14N2O2. The smallest absolute Gasteiger partial charge is 0.244 e. The zero-order chi connectivity index (χ0) is 13.2. The summed E-state index contributed by atoms with van der Waals surface area (Å²) in [7, 11) is 1.63. The van der Waals surface area contributed by atoms with Crippen LogP contribution < -0.4 is 15.0 Å². The average molecular weight is 254 g/mol. The van der Waals surface area contributed by atoms with Gasteiger partial charge in [-0.25, -0.2) is 0 Å². The Labute approximate surface area is 111 Å². The van der Waals surface area contributed by atoms with Crippen molar-refractivity contribution in [2.24, 2.45) is 0 Å². The summed E-state index contributed by atoms with van der Waals surface area (Å²) in [5, 5.41) is 2.88. The van der Waals surface area contributed by atoms with E-state index < -0.39 is 0 Å². The van der Waals surface area contributed by atoms with E-state index in [2.05, 4.69) is 5.32 Å². The van der Waals surface area contributed by atoms with Crippen molar-refractivity contribution in [1.82, 2.24) is 0 Å². The fraction of sp³-hybridized carbons (Fsp3) is 0.133. The van der Waals surface area contributed by atoms with Crippen LogP contribution in [-0.4, -0.2) is 19.6 Å². The number of benzene rings is 2. The second kappa shape index (κ2) is 4.65. The number of carbonyl (C=O) groups excluding carboxylic acids is 1. The number of amides is 1. The van der Waals surface area contributed by atoms with Crippen LogP contribution in [0.2, 0.25) is 0 Å². The highest BCUT2D eigenvalue weighted by Crippen LogP contribution is 2.35. The molecule has 2 aromatic carbocycles. The van der Waals surface area contributed by atoms with Crippen molar-refractivity contribution in [2.45, 2.75) is 0 Å². The first-order valence-corrected chi connectivity index (χ1v) is 6.08. The normalized spacial score (nSPS) is 13.7. The first kappa shape index (κ1) is 11.6. The van der Waals surface area contributed by atoms with Crippen molar-refractivity contribution in [3.05, 3.63) is 48.5 Å². The van der Waals surface area contributed by atoms with E-state index in [1.54, 1.807) is 7.11 Å². The molecule has 0 fully saturated rings. The second-order valence-electron chi connectivity index (χ2n) is 4.35. The van der Waals surface area contributed by atoms with Crippen molar-refractivity contribution < 1.29 is 9.53 Å². The van der Waals surface area contributed by atoms with Gasteiger partial charge < -0.3 is 15.0 Å². The van der Waals surface area contributed by atoms with Crippen LogP contribution in [0.4, 0.5) is 17.1 Å². The third-order valence-corrected chi connectivity index (χ3v) is 3.14. The van der Waals surface area contributed by atoms with Crippen LogP contribution in [0.15, 0.2) is 48.5 Å². The Bertz CT molecular complexity index is 625. The molecule has 4 nitrogen and oxygen atoms in total. The molecule has 0 radical (unpaired) electrons. The molecule has 1 aliphatic rings. The van der Waals surface area contributed by atoms with Crippen LogP contribution in [0.25, 0.3) is 0 Å². The molecule has 0 aliphatic carbocycles. The molecule has 0 aromatic heterocycles. The summed E-state index contributed by atoms with van der Waals surface area (Å²) in [4.78, 5) is 13.8. The SMILES string of the molecule is COc1cccc(N2CC(=O)Nc3ccccc32)c1. The highest BCUT2D eigenvalue weighted by molar-refractivity contribution is 6.03. The number of hydrogen-bond acceptors (Lipinski definition) is 3. The lowest BCUT2D eigenvalue weighted by atomic mass is 10.1. The van der Waals surface area contributed by atoms with Crippen LogP contribution in [0.5, 0.6) is 5.75 Å². The van der Waals surface area contributed by atoms with Gasteiger partial charge in [0, 0.05) is 11.8 Å². The minimum Gasteiger partial charge on any atom is -0.497 e. The van der Waals surface area contributed by atoms with Gasteiger partial charge in [-0.2, -0.15) is 0 Å². The number of fused-ring (bicyclic) bond motifs is 1. The summed E-state index contributed by atoms with van der Waals surface area (Å²) < 4.78 is 5.23. The van der Waals surface area contributed by atoms with E-state index in [-0.39, 0.29) is 5.91 Å². The molecular weight excluding hydrogens is 240 g/mol. The van der Waals surface area contributed by atoms with Crippen molar-refractivity contribution in [2.75, 3.05) is 23.9 Å². The third kappa shape index (κ3) is 2.12. The highest BCUT2D eigenvalue weighted by atomic mass is 16.5. The molecule has 0 atom stereocenters. The molecule has 3 rings (SSSR count). The number of carbonyl (C=O) groups is 1. The maximum atomic E-state index is 11.8. The van der Waals surface area contributed by atoms with Crippen molar-refractivity contribution in [3.8, 4) is 5.75 Å². The molecule has 1 N–H and O–H groups in total. The Morgan fingerprint density at radius 2 is 2.00 bits per heavy atom. The van der Waals surface area contributed by atoms with Gasteiger partial charge in [-0.15, -0.1) is 0 Å². The van der Waals surface area contributed by atoms with E-state index in [9.17, 15) is 4.79 Å². The maximum absolute atomic E-state index is 11.8. The van der Waals surface area contributed by atoms with Crippen molar-refractivity contribution in [1.29, 1.82) is 0 Å². The zero-order valence-electron chi connectivity index (χ0n) is 10.6. The molecule has 1 heterocycles. The van der Waals surface area contributed by atoms with Crippen molar-refractivity contribution >= 4 is 23.0 Å². The van der Waals surface area contributed by atoms with E-state index in [4.69, 9.17) is 4.74 Å². The number of nitrogens with one attached hydrogen (secondary N) is 1. The van der Waals surface area contributed by atoms with E-state index in [0.717, 1.165) is 22.8 Å². The fourth-order valence-electron chi connectivity index (χ4n) is 2.24. The summed E-state index contributed by atoms with van der Waals surface area (Å²) in [5.74, 6) is 0.766. The summed E-state index contributed by atoms with van der Waals surface area (Å²) in [5.41, 5.74) is 2.78. The molecule has 96 valence electrons. The average Bonchev–Trinajstić information content (AvgIpc) is 2.46. The lowest BCUT2D eigenvalue weighted by Crippen LogP contribution is -2.34. The molecule has 1 amide bonds. The van der Waals surface area contributed by atoms with Gasteiger partial charge in [0.15, 0.2) is 0 Å². The maximum Gasteiger partial charge on any atom is 0.244 e. The number of nitrogens with zero attached hydrogens (tertiary/aromatic N) is 1. The number of anilines is 3. The van der Waals surface area contributed by atoms with E-state index in [1.165, 1.54) is 0 Å². The van der Waals surface area contributed by atoms with Gasteiger partial charge in [0.1, 0.15) is 12.3 Å². The Kier molecular flexibility index (Phi) is 2.83. The number of para-hydroxylation sites is 2. The minimum atomic E-state index is -0.0125. The second-order valence-corrected chi connectivity index (χ2v) is 4.35. The Balaban J connectivity index is 2.07. The van der Waals surface area contributed by atoms with Gasteiger partial charge in [-0.1, -0.05) is 18.2 Å². The summed E-state index contributed by atoms with van der Waals surface area (Å²) in [6, 6.07) is 15.5. The summed E-state index contributed by atoms with van der Waals surface area (Å²) in [6.45, 7) is 0.310. The Morgan fingerprint density at radius 1 is 1.16 bits per heavy atom. The first-order chi connectivity index (χ1) is 9.28. The van der Waals surface area contributed by atoms with Gasteiger partial charge in [0.25, 0.3) is 0 Å². The van der Waals surface area contributed by atoms with E-state index >= 15 is 0 Å². The fourth-order valence-corrected chi connectivity index (χ4v) is 2.24. The molecule has 1 aliphatic heterocycles. The van der Waals surface area contributed by atoms with Crippen LogP contribution in [-0.2, 0) is 4.79 Å². The Hall–Kier alpha value is -2.49. The molecule has 0 unspecified atom stereocenters. The molecule has 4 heteroatoms. The van der Waals surface area contributed by atoms with Gasteiger partial charge in [-0.3, -0.25) is 4.79 Å². The van der Waals surface area contributed by atoms with Gasteiger partial charge in [-0.05, 0) is 24.3 Å². The highest BCUT2D eigenvalue weighted by Gasteiger charge is 2.22. The van der Waals surface area contributed by atoms with E-state index in [1.807, 2.05) is 53.4 Å². The number of rotatable bonds is 2. The molecule has 0 saturated carbocycles. The molecule has 2 aromatic rings. The quantitative estimate of drug-likeness (QED) is 0.896. The molecule has 19 heavy (non-hydrogen) atoms. The van der Waals surface area contributed by atoms with Gasteiger partial charge >= 0.3 is 0 Å².